The number of hydrogen-bond donors (Lipinski definition) is 5. The monoisotopic (exact) mass is 989 g/mol. The molecule has 329 valence electrons. The van der Waals surface area contributed by atoms with Crippen molar-refractivity contribution >= 4 is 86.8 Å². The van der Waals surface area contributed by atoms with E-state index in [0.29, 0.717) is 22.4 Å². The molecule has 2 aliphatic rings. The van der Waals surface area contributed by atoms with Gasteiger partial charge in [-0.25, -0.2) is 9.97 Å². The number of fused-ring (bicyclic) bond motifs is 8. The van der Waals surface area contributed by atoms with Crippen LogP contribution in [0.2, 0.25) is 0 Å². The number of benzene rings is 4. The Morgan fingerprint density at radius 3 is 1.34 bits per heavy atom. The summed E-state index contributed by atoms with van der Waals surface area (Å²) in [5.41, 5.74) is -0.375. The Labute approximate surface area is 381 Å². The molecule has 4 aromatic carbocycles. The Morgan fingerprint density at radius 1 is 0.431 bits per heavy atom. The summed E-state index contributed by atoms with van der Waals surface area (Å²) in [7, 11) is -20.7. The summed E-state index contributed by atoms with van der Waals surface area (Å²) in [6, 6.07) is 28.7. The fraction of sp³-hybridized carbons (Fsp3) is 0. The number of aromatic amines is 1. The molecule has 21 heteroatoms. The van der Waals surface area contributed by atoms with Crippen LogP contribution in [-0.2, 0) is 57.5 Å². The van der Waals surface area contributed by atoms with E-state index in [1.54, 1.807) is 42.5 Å². The van der Waals surface area contributed by atoms with Gasteiger partial charge in [0, 0.05) is 61.5 Å². The summed E-state index contributed by atoms with van der Waals surface area (Å²) in [5, 5.41) is 0. The van der Waals surface area contributed by atoms with Crippen LogP contribution in [0.25, 0.3) is 85.4 Å². The van der Waals surface area contributed by atoms with Gasteiger partial charge in [-0.05, 0) is 85.0 Å². The summed E-state index contributed by atoms with van der Waals surface area (Å²) in [4.78, 5) is 10.0. The van der Waals surface area contributed by atoms with E-state index in [4.69, 9.17) is 9.97 Å². The van der Waals surface area contributed by atoms with Gasteiger partial charge >= 0.3 is 0 Å². The number of nitrogens with one attached hydrogen (secondary N) is 1. The van der Waals surface area contributed by atoms with E-state index < -0.39 is 60.1 Å². The molecular formula is C44H30MnN4O12S4. The zero-order valence-corrected chi connectivity index (χ0v) is 37.3. The zero-order chi connectivity index (χ0) is 45.3. The van der Waals surface area contributed by atoms with Gasteiger partial charge in [0.15, 0.2) is 0 Å². The number of para-hydroxylation sites is 1. The van der Waals surface area contributed by atoms with E-state index in [1.807, 2.05) is 0 Å². The van der Waals surface area contributed by atoms with Gasteiger partial charge in [-0.1, -0.05) is 66.7 Å². The van der Waals surface area contributed by atoms with Gasteiger partial charge in [0.2, 0.25) is 0 Å². The molecule has 0 aliphatic carbocycles. The topological polar surface area (TPSA) is 264 Å². The van der Waals surface area contributed by atoms with Crippen LogP contribution in [0.4, 0.5) is 0 Å². The average molecular weight is 990 g/mol. The molecule has 3 aromatic heterocycles. The first-order chi connectivity index (χ1) is 30.3. The van der Waals surface area contributed by atoms with E-state index in [0.717, 1.165) is 24.3 Å². The fourth-order valence-electron chi connectivity index (χ4n) is 7.90. The molecule has 1 radical (unpaired) electrons. The van der Waals surface area contributed by atoms with Crippen LogP contribution < -0.4 is 0 Å². The summed E-state index contributed by atoms with van der Waals surface area (Å²) >= 11 is 0. The Balaban J connectivity index is 0.00000576. The molecule has 5 N–H and O–H groups in total. The van der Waals surface area contributed by atoms with Crippen molar-refractivity contribution in [3.8, 4) is 39.1 Å². The first-order valence-corrected chi connectivity index (χ1v) is 24.5. The van der Waals surface area contributed by atoms with Gasteiger partial charge < -0.3 is 9.55 Å². The quantitative estimate of drug-likeness (QED) is 0.0712. The molecular weight excluding hydrogens is 960 g/mol. The Morgan fingerprint density at radius 2 is 0.831 bits per heavy atom. The maximum absolute atomic E-state index is 13.5. The molecule has 9 rings (SSSR count). The van der Waals surface area contributed by atoms with Gasteiger partial charge in [0.1, 0.15) is 19.6 Å². The number of nitrogens with zero attached hydrogens (tertiary/aromatic N) is 3. The Bertz CT molecular complexity index is 3860. The number of H-pyrrole nitrogens is 1. The summed E-state index contributed by atoms with van der Waals surface area (Å²) in [6.45, 7) is 0. The molecule has 0 amide bonds. The summed E-state index contributed by atoms with van der Waals surface area (Å²) in [6.07, 6.45) is 6.30. The van der Waals surface area contributed by atoms with E-state index in [1.165, 1.54) is 89.5 Å². The smallest absolute Gasteiger partial charge is 0.296 e. The van der Waals surface area contributed by atoms with Crippen molar-refractivity contribution in [2.75, 3.05) is 0 Å². The third-order valence-corrected chi connectivity index (χ3v) is 14.0. The first kappa shape index (κ1) is 45.2. The van der Waals surface area contributed by atoms with Crippen LogP contribution in [0.1, 0.15) is 22.8 Å². The third kappa shape index (κ3) is 8.53. The fourth-order valence-corrected chi connectivity index (χ4v) is 10.7. The van der Waals surface area contributed by atoms with Crippen LogP contribution in [0.5, 0.6) is 0 Å². The van der Waals surface area contributed by atoms with E-state index in [2.05, 4.69) is 4.98 Å². The average Bonchev–Trinajstić information content (AvgIpc) is 4.05. The van der Waals surface area contributed by atoms with Crippen LogP contribution in [0.3, 0.4) is 0 Å². The molecule has 0 atom stereocenters. The number of hydrogen-bond acceptors (Lipinski definition) is 10. The molecule has 7 aromatic rings. The second-order valence-electron chi connectivity index (χ2n) is 14.4. The van der Waals surface area contributed by atoms with Crippen molar-refractivity contribution < 1.29 is 69.0 Å². The van der Waals surface area contributed by atoms with Crippen molar-refractivity contribution in [2.45, 2.75) is 19.6 Å². The van der Waals surface area contributed by atoms with Gasteiger partial charge in [-0.2, -0.15) is 33.7 Å². The SMILES string of the molecule is O=S(=O)(O)c1ccccc1-c1c(-c2ccccc2S(=O)(=O)O)c2c(-c3ccccc3S(=O)(=O)O)c3nc(cc4ccc(cc5nc(cc1n2-c1ccccc1S(=O)(=O)O)C=C5)[nH]4)C=C3.[Mn]. The number of aromatic nitrogens is 4. The first-order valence-electron chi connectivity index (χ1n) is 18.7. The van der Waals surface area contributed by atoms with E-state index in [9.17, 15) is 51.9 Å². The van der Waals surface area contributed by atoms with E-state index in [-0.39, 0.29) is 78.6 Å². The van der Waals surface area contributed by atoms with Gasteiger partial charge in [-0.3, -0.25) is 18.2 Å². The molecule has 0 saturated carbocycles. The van der Waals surface area contributed by atoms with Crippen LogP contribution in [0, 0.1) is 0 Å². The second kappa shape index (κ2) is 16.6. The molecule has 65 heavy (non-hydrogen) atoms. The summed E-state index contributed by atoms with van der Waals surface area (Å²) < 4.78 is 152. The van der Waals surface area contributed by atoms with Gasteiger partial charge in [0.05, 0.1) is 39.5 Å². The van der Waals surface area contributed by atoms with Crippen molar-refractivity contribution in [1.29, 1.82) is 0 Å². The largest absolute Gasteiger partial charge is 0.355 e. The van der Waals surface area contributed by atoms with Crippen molar-refractivity contribution in [2.24, 2.45) is 0 Å². The van der Waals surface area contributed by atoms with Crippen molar-refractivity contribution in [3.63, 3.8) is 0 Å². The van der Waals surface area contributed by atoms with Crippen molar-refractivity contribution in [3.05, 3.63) is 150 Å². The van der Waals surface area contributed by atoms with Gasteiger partial charge in [0.25, 0.3) is 40.5 Å². The predicted octanol–water partition coefficient (Wildman–Crippen LogP) is 8.10. The molecule has 5 heterocycles. The van der Waals surface area contributed by atoms with Gasteiger partial charge in [-0.15, -0.1) is 0 Å². The normalized spacial score (nSPS) is 12.9. The predicted molar refractivity (Wildman–Crippen MR) is 239 cm³/mol. The second-order valence-corrected chi connectivity index (χ2v) is 20.0. The maximum Gasteiger partial charge on any atom is 0.296 e. The molecule has 0 spiro atoms. The Kier molecular flexibility index (Phi) is 11.5. The standard InChI is InChI=1S/C44H30N4O12S4.Mn/c49-61(50,51)37-13-5-1-9-31(37)41-34-22-21-29(47-34)24-28-18-17-26(45-28)23-27-19-20-30(46-27)25-36-42(32-10-2-6-14-38(32)62(52,53)54)43(33-11-3-7-15-39(33)63(55,56)57)44(41)48(36)35-12-4-8-16-40(35)64(58,59)60;/h1-25,45H,(H,49,50,51)(H,52,53,54)(H,55,56,57)(H,58,59,60);. The Hall–Kier alpha value is -6.36. The summed E-state index contributed by atoms with van der Waals surface area (Å²) in [5.74, 6) is 0. The molecule has 2 aliphatic heterocycles. The van der Waals surface area contributed by atoms with Crippen LogP contribution in [0.15, 0.2) is 147 Å². The van der Waals surface area contributed by atoms with Crippen molar-refractivity contribution in [1.82, 2.24) is 19.5 Å². The maximum atomic E-state index is 13.5. The minimum Gasteiger partial charge on any atom is -0.355 e. The van der Waals surface area contributed by atoms with E-state index >= 15 is 0 Å². The molecule has 8 bridgehead atoms. The minimum atomic E-state index is -5.21. The van der Waals surface area contributed by atoms with Crippen LogP contribution in [-0.4, -0.2) is 71.4 Å². The third-order valence-electron chi connectivity index (χ3n) is 10.4. The van der Waals surface area contributed by atoms with Crippen LogP contribution >= 0.6 is 0 Å². The molecule has 16 nitrogen and oxygen atoms in total. The molecule has 0 unspecified atom stereocenters. The zero-order valence-electron chi connectivity index (χ0n) is 32.8. The molecule has 0 fully saturated rings. The number of rotatable bonds is 8. The minimum absolute atomic E-state index is 0. The molecule has 0 saturated heterocycles.